The molecule has 1 aliphatic rings. The molecule has 2 amide bonds. The summed E-state index contributed by atoms with van der Waals surface area (Å²) in [5.41, 5.74) is 0. The molecule has 1 saturated heterocycles. The lowest BCUT2D eigenvalue weighted by atomic mass is 9.92. The summed E-state index contributed by atoms with van der Waals surface area (Å²) < 4.78 is 9.86. The van der Waals surface area contributed by atoms with Crippen molar-refractivity contribution in [2.45, 2.75) is 27.2 Å². The first-order chi connectivity index (χ1) is 12.3. The molecule has 144 valence electrons. The van der Waals surface area contributed by atoms with Crippen molar-refractivity contribution in [2.75, 3.05) is 36.5 Å². The number of hydrogen-bond acceptors (Lipinski definition) is 7. The summed E-state index contributed by atoms with van der Waals surface area (Å²) in [6, 6.07) is 1.60. The van der Waals surface area contributed by atoms with Crippen LogP contribution in [0.1, 0.15) is 26.0 Å². The van der Waals surface area contributed by atoms with Gasteiger partial charge in [0.2, 0.25) is 5.91 Å². The van der Waals surface area contributed by atoms with Crippen molar-refractivity contribution in [2.24, 2.45) is 11.8 Å². The van der Waals surface area contributed by atoms with Crippen LogP contribution in [0.3, 0.4) is 0 Å². The summed E-state index contributed by atoms with van der Waals surface area (Å²) in [6.07, 6.45) is 1.11. The van der Waals surface area contributed by atoms with E-state index in [0.29, 0.717) is 36.5 Å². The number of anilines is 1. The molecule has 2 rings (SSSR count). The van der Waals surface area contributed by atoms with Gasteiger partial charge in [-0.3, -0.25) is 14.4 Å². The van der Waals surface area contributed by atoms with Crippen molar-refractivity contribution in [3.63, 3.8) is 0 Å². The van der Waals surface area contributed by atoms with Crippen LogP contribution >= 0.6 is 11.8 Å². The van der Waals surface area contributed by atoms with Gasteiger partial charge in [0.25, 0.3) is 5.91 Å². The average molecular weight is 383 g/mol. The number of aromatic nitrogens is 1. The van der Waals surface area contributed by atoms with Crippen LogP contribution in [0.5, 0.6) is 0 Å². The molecule has 1 aliphatic heterocycles. The van der Waals surface area contributed by atoms with Crippen LogP contribution in [-0.2, 0) is 19.1 Å². The second kappa shape index (κ2) is 9.61. The fourth-order valence-corrected chi connectivity index (χ4v) is 3.58. The smallest absolute Gasteiger partial charge is 0.316 e. The number of piperidine rings is 1. The Labute approximate surface area is 157 Å². The number of thioether (sulfide) groups is 1. The molecule has 0 radical (unpaired) electrons. The molecule has 1 aromatic rings. The molecule has 2 unspecified atom stereocenters. The molecule has 2 atom stereocenters. The number of aryl methyl sites for hydroxylation is 1. The van der Waals surface area contributed by atoms with Gasteiger partial charge in [-0.05, 0) is 25.2 Å². The zero-order chi connectivity index (χ0) is 19.1. The SMILES string of the molecule is Cc1cc(NC(=O)CSCC(=O)OCC(=O)N2CC(C)CC(C)C2)no1. The molecule has 1 fully saturated rings. The van der Waals surface area contributed by atoms with Gasteiger partial charge < -0.3 is 19.5 Å². The molecule has 0 aliphatic carbocycles. The van der Waals surface area contributed by atoms with Gasteiger partial charge in [-0.1, -0.05) is 19.0 Å². The standard InChI is InChI=1S/C17H25N3O5S/c1-11-4-12(2)7-20(6-11)16(22)8-24-17(23)10-26-9-15(21)18-14-5-13(3)25-19-14/h5,11-12H,4,6-10H2,1-3H3,(H,18,19,21). The van der Waals surface area contributed by atoms with Gasteiger partial charge in [-0.2, -0.15) is 0 Å². The highest BCUT2D eigenvalue weighted by Gasteiger charge is 2.25. The molecule has 1 N–H and O–H groups in total. The molecular weight excluding hydrogens is 358 g/mol. The first kappa shape index (κ1) is 20.3. The van der Waals surface area contributed by atoms with E-state index in [4.69, 9.17) is 9.26 Å². The van der Waals surface area contributed by atoms with E-state index in [1.54, 1.807) is 17.9 Å². The van der Waals surface area contributed by atoms with Crippen LogP contribution in [0, 0.1) is 18.8 Å². The highest BCUT2D eigenvalue weighted by atomic mass is 32.2. The lowest BCUT2D eigenvalue weighted by Crippen LogP contribution is -2.44. The number of carbonyl (C=O) groups is 3. The third-order valence-corrected chi connectivity index (χ3v) is 4.83. The Kier molecular flexibility index (Phi) is 7.50. The minimum Gasteiger partial charge on any atom is -0.455 e. The molecule has 26 heavy (non-hydrogen) atoms. The monoisotopic (exact) mass is 383 g/mol. The summed E-state index contributed by atoms with van der Waals surface area (Å²) in [5, 5.41) is 6.21. The molecule has 1 aromatic heterocycles. The Hall–Kier alpha value is -2.03. The number of nitrogens with one attached hydrogen (secondary N) is 1. The van der Waals surface area contributed by atoms with Crippen molar-refractivity contribution in [3.8, 4) is 0 Å². The third-order valence-electron chi connectivity index (χ3n) is 3.93. The van der Waals surface area contributed by atoms with Crippen LogP contribution in [-0.4, -0.2) is 59.0 Å². The van der Waals surface area contributed by atoms with Crippen LogP contribution < -0.4 is 5.32 Å². The van der Waals surface area contributed by atoms with Crippen LogP contribution in [0.4, 0.5) is 5.82 Å². The number of esters is 1. The Morgan fingerprint density at radius 1 is 1.31 bits per heavy atom. The zero-order valence-corrected chi connectivity index (χ0v) is 16.1. The predicted octanol–water partition coefficient (Wildman–Crippen LogP) is 1.70. The summed E-state index contributed by atoms with van der Waals surface area (Å²) >= 11 is 1.11. The van der Waals surface area contributed by atoms with E-state index in [0.717, 1.165) is 18.2 Å². The topological polar surface area (TPSA) is 102 Å². The number of nitrogens with zero attached hydrogens (tertiary/aromatic N) is 2. The molecule has 0 saturated carbocycles. The number of ether oxygens (including phenoxy) is 1. The molecule has 0 aromatic carbocycles. The lowest BCUT2D eigenvalue weighted by Gasteiger charge is -2.34. The maximum atomic E-state index is 12.1. The Bertz CT molecular complexity index is 638. The second-order valence-electron chi connectivity index (χ2n) is 6.77. The molecule has 2 heterocycles. The second-order valence-corrected chi connectivity index (χ2v) is 7.75. The zero-order valence-electron chi connectivity index (χ0n) is 15.3. The minimum atomic E-state index is -0.508. The number of carbonyl (C=O) groups excluding carboxylic acids is 3. The van der Waals surface area contributed by atoms with Gasteiger partial charge in [-0.15, -0.1) is 11.8 Å². The number of hydrogen-bond donors (Lipinski definition) is 1. The summed E-state index contributed by atoms with van der Waals surface area (Å²) in [6.45, 7) is 7.12. The quantitative estimate of drug-likeness (QED) is 0.715. The normalized spacial score (nSPS) is 19.9. The molecular formula is C17H25N3O5S. The van der Waals surface area contributed by atoms with Gasteiger partial charge in [0, 0.05) is 19.2 Å². The maximum absolute atomic E-state index is 12.1. The molecule has 8 nitrogen and oxygen atoms in total. The van der Waals surface area contributed by atoms with Crippen LogP contribution in [0.2, 0.25) is 0 Å². The highest BCUT2D eigenvalue weighted by Crippen LogP contribution is 2.20. The maximum Gasteiger partial charge on any atom is 0.316 e. The summed E-state index contributed by atoms with van der Waals surface area (Å²) in [7, 11) is 0. The van der Waals surface area contributed by atoms with Crippen molar-refractivity contribution in [1.82, 2.24) is 10.1 Å². The first-order valence-electron chi connectivity index (χ1n) is 8.57. The third kappa shape index (κ3) is 6.70. The molecule has 0 spiro atoms. The van der Waals surface area contributed by atoms with Gasteiger partial charge in [-0.25, -0.2) is 0 Å². The summed E-state index contributed by atoms with van der Waals surface area (Å²) in [4.78, 5) is 37.3. The van der Waals surface area contributed by atoms with Crippen LogP contribution in [0.25, 0.3) is 0 Å². The van der Waals surface area contributed by atoms with Crippen LogP contribution in [0.15, 0.2) is 10.6 Å². The van der Waals surface area contributed by atoms with E-state index in [1.165, 1.54) is 0 Å². The van der Waals surface area contributed by atoms with E-state index in [2.05, 4.69) is 24.3 Å². The lowest BCUT2D eigenvalue weighted by molar-refractivity contribution is -0.151. The Balaban J connectivity index is 1.61. The predicted molar refractivity (Wildman–Crippen MR) is 97.7 cm³/mol. The van der Waals surface area contributed by atoms with Gasteiger partial charge >= 0.3 is 5.97 Å². The van der Waals surface area contributed by atoms with E-state index in [1.807, 2.05) is 0 Å². The Morgan fingerprint density at radius 2 is 2.00 bits per heavy atom. The van der Waals surface area contributed by atoms with E-state index < -0.39 is 5.97 Å². The number of rotatable bonds is 7. The largest absolute Gasteiger partial charge is 0.455 e. The number of amides is 2. The Morgan fingerprint density at radius 3 is 2.62 bits per heavy atom. The van der Waals surface area contributed by atoms with Crippen molar-refractivity contribution in [1.29, 1.82) is 0 Å². The average Bonchev–Trinajstić information content (AvgIpc) is 2.96. The fraction of sp³-hybridized carbons (Fsp3) is 0.647. The van der Waals surface area contributed by atoms with E-state index >= 15 is 0 Å². The van der Waals surface area contributed by atoms with E-state index in [9.17, 15) is 14.4 Å². The molecule has 0 bridgehead atoms. The van der Waals surface area contributed by atoms with Gasteiger partial charge in [0.15, 0.2) is 12.4 Å². The van der Waals surface area contributed by atoms with Crippen molar-refractivity contribution < 1.29 is 23.6 Å². The first-order valence-corrected chi connectivity index (χ1v) is 9.73. The van der Waals surface area contributed by atoms with Crippen molar-refractivity contribution >= 4 is 35.4 Å². The fourth-order valence-electron chi connectivity index (χ4n) is 2.97. The van der Waals surface area contributed by atoms with Gasteiger partial charge in [0.1, 0.15) is 5.76 Å². The van der Waals surface area contributed by atoms with Gasteiger partial charge in [0.05, 0.1) is 11.5 Å². The number of likely N-dealkylation sites (tertiary alicyclic amines) is 1. The molecule has 9 heteroatoms. The minimum absolute atomic E-state index is 0.00531. The van der Waals surface area contributed by atoms with Crippen molar-refractivity contribution in [3.05, 3.63) is 11.8 Å². The summed E-state index contributed by atoms with van der Waals surface area (Å²) in [5.74, 6) is 0.976. The highest BCUT2D eigenvalue weighted by molar-refractivity contribution is 8.00. The van der Waals surface area contributed by atoms with E-state index in [-0.39, 0.29) is 29.9 Å².